The highest BCUT2D eigenvalue weighted by atomic mass is 32.1. The van der Waals surface area contributed by atoms with E-state index in [0.717, 1.165) is 71.4 Å². The second-order valence-corrected chi connectivity index (χ2v) is 15.5. The molecule has 274 valence electrons. The van der Waals surface area contributed by atoms with Crippen molar-refractivity contribution in [2.45, 2.75) is 6.54 Å². The number of para-hydroxylation sites is 1. The maximum absolute atomic E-state index is 6.95. The molecule has 11 rings (SSSR count). The van der Waals surface area contributed by atoms with E-state index in [0.29, 0.717) is 23.9 Å². The number of furan rings is 1. The van der Waals surface area contributed by atoms with E-state index in [4.69, 9.17) is 25.1 Å². The fourth-order valence-electron chi connectivity index (χ4n) is 8.30. The monoisotopic (exact) mass is 762 g/mol. The lowest BCUT2D eigenvalue weighted by Gasteiger charge is -2.12. The molecule has 0 spiro atoms. The minimum absolute atomic E-state index is 0.416. The van der Waals surface area contributed by atoms with Gasteiger partial charge in [-0.1, -0.05) is 170 Å². The topological polar surface area (TPSA) is 76.8 Å². The number of amidine groups is 2. The molecule has 3 aromatic heterocycles. The van der Waals surface area contributed by atoms with Crippen LogP contribution in [-0.2, 0) is 6.54 Å². The maximum atomic E-state index is 6.95. The molecule has 0 unspecified atom stereocenters. The van der Waals surface area contributed by atoms with E-state index in [1.165, 1.54) is 25.7 Å². The van der Waals surface area contributed by atoms with Gasteiger partial charge in [0, 0.05) is 47.6 Å². The molecule has 0 radical (unpaired) electrons. The van der Waals surface area contributed by atoms with E-state index in [2.05, 4.69) is 127 Å². The van der Waals surface area contributed by atoms with Crippen LogP contribution in [0.1, 0.15) is 16.7 Å². The highest BCUT2D eigenvalue weighted by Gasteiger charge is 2.17. The summed E-state index contributed by atoms with van der Waals surface area (Å²) in [6.45, 7) is 0.484. The van der Waals surface area contributed by atoms with Crippen LogP contribution in [0.15, 0.2) is 196 Å². The smallest absolute Gasteiger partial charge is 0.228 e. The van der Waals surface area contributed by atoms with Crippen molar-refractivity contribution >= 4 is 86.8 Å². The van der Waals surface area contributed by atoms with Crippen molar-refractivity contribution in [1.29, 1.82) is 0 Å². The molecule has 3 heterocycles. The van der Waals surface area contributed by atoms with Gasteiger partial charge < -0.3 is 10.2 Å². The molecule has 0 aliphatic heterocycles. The van der Waals surface area contributed by atoms with Crippen molar-refractivity contribution < 1.29 is 4.42 Å². The van der Waals surface area contributed by atoms with E-state index < -0.39 is 0 Å². The molecule has 0 fully saturated rings. The second-order valence-electron chi connectivity index (χ2n) is 14.5. The Kier molecular flexibility index (Phi) is 8.15. The first-order valence-corrected chi connectivity index (χ1v) is 20.2. The predicted octanol–water partition coefficient (Wildman–Crippen LogP) is 13.3. The van der Waals surface area contributed by atoms with Crippen molar-refractivity contribution in [2.75, 3.05) is 0 Å². The first-order chi connectivity index (χ1) is 28.7. The summed E-state index contributed by atoms with van der Waals surface area (Å²) in [5, 5.41) is 9.00. The van der Waals surface area contributed by atoms with Crippen molar-refractivity contribution in [3.8, 4) is 22.4 Å². The second kappa shape index (κ2) is 14.0. The molecular weight excluding hydrogens is 729 g/mol. The normalized spacial score (nSPS) is 12.5. The van der Waals surface area contributed by atoms with Gasteiger partial charge in [0.15, 0.2) is 5.84 Å². The van der Waals surface area contributed by atoms with Crippen LogP contribution in [0, 0.1) is 0 Å². The summed E-state index contributed by atoms with van der Waals surface area (Å²) in [7, 11) is 0. The summed E-state index contributed by atoms with van der Waals surface area (Å²) in [5.74, 6) is 1.02. The summed E-state index contributed by atoms with van der Waals surface area (Å²) in [4.78, 5) is 15.3. The van der Waals surface area contributed by atoms with Crippen LogP contribution >= 0.6 is 11.3 Å². The van der Waals surface area contributed by atoms with E-state index in [9.17, 15) is 0 Å². The largest absolute Gasteiger partial charge is 0.438 e. The minimum atomic E-state index is 0.416. The van der Waals surface area contributed by atoms with E-state index >= 15 is 0 Å². The van der Waals surface area contributed by atoms with Crippen molar-refractivity contribution in [2.24, 2.45) is 15.7 Å². The predicted molar refractivity (Wildman–Crippen MR) is 244 cm³/mol. The summed E-state index contributed by atoms with van der Waals surface area (Å²) in [6, 6.07) is 63.0. The Morgan fingerprint density at radius 1 is 0.552 bits per heavy atom. The van der Waals surface area contributed by atoms with Crippen molar-refractivity contribution in [1.82, 2.24) is 4.98 Å². The maximum Gasteiger partial charge on any atom is 0.228 e. The van der Waals surface area contributed by atoms with E-state index in [1.807, 2.05) is 65.9 Å². The number of aliphatic imine (C=N–C) groups is 2. The molecule has 8 aromatic carbocycles. The van der Waals surface area contributed by atoms with Crippen LogP contribution in [-0.4, -0.2) is 16.7 Å². The zero-order chi connectivity index (χ0) is 38.6. The van der Waals surface area contributed by atoms with Gasteiger partial charge in [0.1, 0.15) is 11.4 Å². The van der Waals surface area contributed by atoms with Gasteiger partial charge >= 0.3 is 0 Å². The number of pyridine rings is 1. The lowest BCUT2D eigenvalue weighted by Crippen LogP contribution is -2.17. The number of thiophene rings is 1. The lowest BCUT2D eigenvalue weighted by molar-refractivity contribution is 0.655. The number of hydrogen-bond donors (Lipinski definition) is 1. The molecule has 5 nitrogen and oxygen atoms in total. The van der Waals surface area contributed by atoms with E-state index in [-0.39, 0.29) is 0 Å². The third-order valence-corrected chi connectivity index (χ3v) is 12.3. The highest BCUT2D eigenvalue weighted by molar-refractivity contribution is 7.26. The van der Waals surface area contributed by atoms with Gasteiger partial charge in [0.2, 0.25) is 5.71 Å². The molecular formula is C52H34N4OS. The Morgan fingerprint density at radius 3 is 2.07 bits per heavy atom. The highest BCUT2D eigenvalue weighted by Crippen LogP contribution is 2.39. The Hall–Kier alpha value is -7.41. The first-order valence-electron chi connectivity index (χ1n) is 19.3. The van der Waals surface area contributed by atoms with Gasteiger partial charge in [0.05, 0.1) is 17.6 Å². The number of rotatable bonds is 6. The van der Waals surface area contributed by atoms with Gasteiger partial charge in [-0.25, -0.2) is 9.98 Å². The Balaban J connectivity index is 0.960. The SMILES string of the molecule is NC(=NC(=NCc1cccc2c1sc1ccccc12)c1ccccc1)c1cccc2c(-c3ccc(-c4nc5oc6ccccc6c5c5ccccc45)cc3)cccc12. The fraction of sp³-hybridized carbons (Fsp3) is 0.0192. The average molecular weight is 763 g/mol. The zero-order valence-electron chi connectivity index (χ0n) is 31.3. The summed E-state index contributed by atoms with van der Waals surface area (Å²) in [5.41, 5.74) is 15.5. The quantitative estimate of drug-likeness (QED) is 0.135. The number of nitrogens with two attached hydrogens (primary N) is 1. The van der Waals surface area contributed by atoms with Crippen molar-refractivity contribution in [3.05, 3.63) is 199 Å². The summed E-state index contributed by atoms with van der Waals surface area (Å²) < 4.78 is 8.79. The van der Waals surface area contributed by atoms with Crippen molar-refractivity contribution in [3.63, 3.8) is 0 Å². The fourth-order valence-corrected chi connectivity index (χ4v) is 9.50. The number of hydrogen-bond acceptors (Lipinski definition) is 4. The molecule has 0 bridgehead atoms. The third-order valence-electron chi connectivity index (χ3n) is 11.1. The standard InChI is InChI=1S/C52H34N4OS/c53-50(56-51(34-13-2-1-3-14-34)54-31-35-15-10-23-42-39-16-7-9-26-46(39)58-49(35)42)43-24-12-21-37-36(20-11-22-38(37)43)32-27-29-33(30-28-32)48-41-18-5-4-17-40(41)47-44-19-6-8-25-45(44)57-52(47)55-48/h1-30H,31H2,(H2,53,54,56). The molecule has 6 heteroatoms. The number of nitrogens with zero attached hydrogens (tertiary/aromatic N) is 3. The summed E-state index contributed by atoms with van der Waals surface area (Å²) in [6.07, 6.45) is 0. The van der Waals surface area contributed by atoms with Gasteiger partial charge in [-0.15, -0.1) is 11.3 Å². The van der Waals surface area contributed by atoms with Gasteiger partial charge in [-0.3, -0.25) is 4.99 Å². The first kappa shape index (κ1) is 33.9. The Labute approximate surface area is 338 Å². The molecule has 0 aliphatic rings. The molecule has 0 aliphatic carbocycles. The third kappa shape index (κ3) is 5.73. The zero-order valence-corrected chi connectivity index (χ0v) is 32.1. The van der Waals surface area contributed by atoms with Crippen LogP contribution in [0.25, 0.3) is 86.2 Å². The van der Waals surface area contributed by atoms with Crippen LogP contribution in [0.2, 0.25) is 0 Å². The molecule has 11 aromatic rings. The number of benzene rings is 8. The van der Waals surface area contributed by atoms with Crippen LogP contribution in [0.4, 0.5) is 0 Å². The molecule has 0 atom stereocenters. The van der Waals surface area contributed by atoms with Crippen LogP contribution in [0.3, 0.4) is 0 Å². The van der Waals surface area contributed by atoms with Gasteiger partial charge in [-0.2, -0.15) is 0 Å². The molecule has 58 heavy (non-hydrogen) atoms. The lowest BCUT2D eigenvalue weighted by atomic mass is 9.94. The minimum Gasteiger partial charge on any atom is -0.438 e. The Morgan fingerprint density at radius 2 is 1.21 bits per heavy atom. The van der Waals surface area contributed by atoms with Gasteiger partial charge in [0.25, 0.3) is 0 Å². The Bertz CT molecular complexity index is 3430. The molecule has 2 N–H and O–H groups in total. The molecule has 0 amide bonds. The summed E-state index contributed by atoms with van der Waals surface area (Å²) >= 11 is 1.81. The van der Waals surface area contributed by atoms with E-state index in [1.54, 1.807) is 0 Å². The molecule has 0 saturated carbocycles. The average Bonchev–Trinajstić information content (AvgIpc) is 3.86. The number of aromatic nitrogens is 1. The number of fused-ring (bicyclic) bond motifs is 9. The molecule has 0 saturated heterocycles. The van der Waals surface area contributed by atoms with Crippen LogP contribution in [0.5, 0.6) is 0 Å². The van der Waals surface area contributed by atoms with Crippen LogP contribution < -0.4 is 5.73 Å². The van der Waals surface area contributed by atoms with Gasteiger partial charge in [-0.05, 0) is 45.0 Å².